The molecule has 0 radical (unpaired) electrons. The van der Waals surface area contributed by atoms with Crippen LogP contribution in [0.1, 0.15) is 0 Å². The van der Waals surface area contributed by atoms with Crippen LogP contribution in [-0.4, -0.2) is 15.0 Å². The molecular formula is C9H7ClN4S. The van der Waals surface area contributed by atoms with Crippen molar-refractivity contribution in [2.24, 2.45) is 0 Å². The van der Waals surface area contributed by atoms with E-state index in [1.807, 2.05) is 12.1 Å². The molecule has 0 aliphatic heterocycles. The fourth-order valence-electron chi connectivity index (χ4n) is 1.15. The third-order valence-electron chi connectivity index (χ3n) is 1.79. The molecule has 76 valence electrons. The summed E-state index contributed by atoms with van der Waals surface area (Å²) in [5.74, 6) is 0.837. The Morgan fingerprint density at radius 1 is 1.20 bits per heavy atom. The first-order chi connectivity index (χ1) is 7.15. The van der Waals surface area contributed by atoms with E-state index < -0.39 is 0 Å². The van der Waals surface area contributed by atoms with Crippen LogP contribution in [0.4, 0.5) is 5.95 Å². The van der Waals surface area contributed by atoms with Gasteiger partial charge in [-0.1, -0.05) is 11.6 Å². The Balaban J connectivity index is 2.54. The van der Waals surface area contributed by atoms with Gasteiger partial charge in [0, 0.05) is 10.6 Å². The Kier molecular flexibility index (Phi) is 2.66. The van der Waals surface area contributed by atoms with Gasteiger partial charge < -0.3 is 10.7 Å². The highest BCUT2D eigenvalue weighted by molar-refractivity contribution is 7.71. The molecule has 0 fully saturated rings. The number of halogens is 1. The molecule has 1 aromatic heterocycles. The lowest BCUT2D eigenvalue weighted by molar-refractivity contribution is 1.05. The molecule has 0 spiro atoms. The van der Waals surface area contributed by atoms with Crippen molar-refractivity contribution in [2.45, 2.75) is 0 Å². The van der Waals surface area contributed by atoms with Gasteiger partial charge in [-0.2, -0.15) is 4.98 Å². The zero-order valence-corrected chi connectivity index (χ0v) is 9.14. The summed E-state index contributed by atoms with van der Waals surface area (Å²) < 4.78 is 0.219. The topological polar surface area (TPSA) is 67.6 Å². The van der Waals surface area contributed by atoms with Crippen molar-refractivity contribution in [3.8, 4) is 11.4 Å². The van der Waals surface area contributed by atoms with Crippen LogP contribution in [0.15, 0.2) is 24.3 Å². The van der Waals surface area contributed by atoms with Gasteiger partial charge in [0.2, 0.25) is 10.7 Å². The largest absolute Gasteiger partial charge is 0.369 e. The van der Waals surface area contributed by atoms with Crippen LogP contribution >= 0.6 is 23.8 Å². The predicted molar refractivity (Wildman–Crippen MR) is 62.1 cm³/mol. The number of benzene rings is 1. The van der Waals surface area contributed by atoms with Crippen LogP contribution in [0.25, 0.3) is 11.4 Å². The van der Waals surface area contributed by atoms with E-state index >= 15 is 0 Å². The quantitative estimate of drug-likeness (QED) is 0.749. The van der Waals surface area contributed by atoms with E-state index in [0.717, 1.165) is 5.56 Å². The Morgan fingerprint density at radius 3 is 2.47 bits per heavy atom. The van der Waals surface area contributed by atoms with Crippen LogP contribution in [0.3, 0.4) is 0 Å². The predicted octanol–water partition coefficient (Wildman–Crippen LogP) is 2.44. The van der Waals surface area contributed by atoms with Crippen LogP contribution in [0.5, 0.6) is 0 Å². The third-order valence-corrected chi connectivity index (χ3v) is 2.22. The Bertz CT molecular complexity index is 535. The van der Waals surface area contributed by atoms with Crippen molar-refractivity contribution >= 4 is 29.8 Å². The molecule has 0 aliphatic carbocycles. The Labute approximate surface area is 96.1 Å². The van der Waals surface area contributed by atoms with E-state index in [1.165, 1.54) is 0 Å². The lowest BCUT2D eigenvalue weighted by Crippen LogP contribution is -1.99. The fraction of sp³-hybridized carbons (Fsp3) is 0. The lowest BCUT2D eigenvalue weighted by Gasteiger charge is -2.01. The third kappa shape index (κ3) is 2.31. The van der Waals surface area contributed by atoms with Gasteiger partial charge in [0.1, 0.15) is 5.82 Å². The first kappa shape index (κ1) is 10.1. The molecule has 2 aromatic rings. The molecule has 0 unspecified atom stereocenters. The maximum atomic E-state index is 5.77. The van der Waals surface area contributed by atoms with Gasteiger partial charge >= 0.3 is 0 Å². The van der Waals surface area contributed by atoms with Gasteiger partial charge in [-0.25, -0.2) is 4.98 Å². The Hall–Kier alpha value is -1.46. The lowest BCUT2D eigenvalue weighted by atomic mass is 10.2. The first-order valence-corrected chi connectivity index (χ1v) is 4.93. The van der Waals surface area contributed by atoms with Crippen LogP contribution in [0, 0.1) is 4.77 Å². The number of anilines is 1. The fourth-order valence-corrected chi connectivity index (χ4v) is 1.46. The smallest absolute Gasteiger partial charge is 0.224 e. The number of nitrogens with zero attached hydrogens (tertiary/aromatic N) is 2. The molecule has 0 saturated carbocycles. The zero-order chi connectivity index (χ0) is 10.8. The monoisotopic (exact) mass is 238 g/mol. The number of H-pyrrole nitrogens is 1. The molecule has 0 saturated heterocycles. The number of aromatic amines is 1. The van der Waals surface area contributed by atoms with Crippen LogP contribution in [-0.2, 0) is 0 Å². The molecule has 3 N–H and O–H groups in total. The molecule has 1 aromatic carbocycles. The molecule has 2 rings (SSSR count). The molecule has 0 atom stereocenters. The van der Waals surface area contributed by atoms with E-state index in [-0.39, 0.29) is 10.7 Å². The van der Waals surface area contributed by atoms with Gasteiger partial charge in [-0.15, -0.1) is 0 Å². The van der Waals surface area contributed by atoms with Crippen molar-refractivity contribution in [1.29, 1.82) is 0 Å². The number of nitrogens with two attached hydrogens (primary N) is 1. The second-order valence-corrected chi connectivity index (χ2v) is 3.67. The number of hydrogen-bond donors (Lipinski definition) is 2. The van der Waals surface area contributed by atoms with Gasteiger partial charge in [0.15, 0.2) is 0 Å². The van der Waals surface area contributed by atoms with E-state index in [4.69, 9.17) is 29.6 Å². The van der Waals surface area contributed by atoms with Crippen molar-refractivity contribution in [1.82, 2.24) is 15.0 Å². The summed E-state index contributed by atoms with van der Waals surface area (Å²) in [7, 11) is 0. The minimum absolute atomic E-state index is 0.219. The van der Waals surface area contributed by atoms with Crippen molar-refractivity contribution in [3.63, 3.8) is 0 Å². The normalized spacial score (nSPS) is 10.2. The summed E-state index contributed by atoms with van der Waals surface area (Å²) in [5.41, 5.74) is 6.39. The zero-order valence-electron chi connectivity index (χ0n) is 7.57. The molecule has 0 amide bonds. The van der Waals surface area contributed by atoms with E-state index in [2.05, 4.69) is 15.0 Å². The summed E-state index contributed by atoms with van der Waals surface area (Å²) in [6.45, 7) is 0. The molecule has 0 aliphatic rings. The molecule has 0 bridgehead atoms. The summed E-state index contributed by atoms with van der Waals surface area (Å²) in [5, 5.41) is 0.666. The number of nitrogen functional groups attached to an aromatic ring is 1. The van der Waals surface area contributed by atoms with E-state index in [1.54, 1.807) is 12.1 Å². The highest BCUT2D eigenvalue weighted by Crippen LogP contribution is 2.17. The molecule has 1 heterocycles. The van der Waals surface area contributed by atoms with E-state index in [0.29, 0.717) is 10.8 Å². The average Bonchev–Trinajstić information content (AvgIpc) is 2.17. The SMILES string of the molecule is Nc1nc(=S)nc(-c2ccc(Cl)cc2)[nH]1. The first-order valence-electron chi connectivity index (χ1n) is 4.15. The number of hydrogen-bond acceptors (Lipinski definition) is 4. The van der Waals surface area contributed by atoms with Gasteiger partial charge in [0.25, 0.3) is 0 Å². The molecule has 6 heteroatoms. The summed E-state index contributed by atoms with van der Waals surface area (Å²) in [6, 6.07) is 7.20. The second kappa shape index (κ2) is 3.96. The maximum absolute atomic E-state index is 5.77. The van der Waals surface area contributed by atoms with Gasteiger partial charge in [-0.3, -0.25) is 0 Å². The van der Waals surface area contributed by atoms with Gasteiger partial charge in [-0.05, 0) is 36.5 Å². The minimum atomic E-state index is 0.219. The number of rotatable bonds is 1. The standard InChI is InChI=1S/C9H7ClN4S/c10-6-3-1-5(2-4-6)7-12-8(11)14-9(15)13-7/h1-4H,(H3,11,12,13,14,15). The van der Waals surface area contributed by atoms with Crippen molar-refractivity contribution in [2.75, 3.05) is 5.73 Å². The van der Waals surface area contributed by atoms with Gasteiger partial charge in [0.05, 0.1) is 0 Å². The summed E-state index contributed by atoms with van der Waals surface area (Å²) >= 11 is 10.6. The van der Waals surface area contributed by atoms with Crippen molar-refractivity contribution < 1.29 is 0 Å². The second-order valence-electron chi connectivity index (χ2n) is 2.87. The van der Waals surface area contributed by atoms with E-state index in [9.17, 15) is 0 Å². The Morgan fingerprint density at radius 2 is 1.87 bits per heavy atom. The maximum Gasteiger partial charge on any atom is 0.224 e. The number of aromatic nitrogens is 3. The highest BCUT2D eigenvalue weighted by atomic mass is 35.5. The highest BCUT2D eigenvalue weighted by Gasteiger charge is 2.01. The molecular weight excluding hydrogens is 232 g/mol. The van der Waals surface area contributed by atoms with Crippen LogP contribution < -0.4 is 5.73 Å². The summed E-state index contributed by atoms with van der Waals surface area (Å²) in [4.78, 5) is 10.7. The van der Waals surface area contributed by atoms with Crippen LogP contribution in [0.2, 0.25) is 5.02 Å². The molecule has 4 nitrogen and oxygen atoms in total. The molecule has 15 heavy (non-hydrogen) atoms. The van der Waals surface area contributed by atoms with Crippen molar-refractivity contribution in [3.05, 3.63) is 34.1 Å². The summed E-state index contributed by atoms with van der Waals surface area (Å²) in [6.07, 6.45) is 0. The minimum Gasteiger partial charge on any atom is -0.369 e. The average molecular weight is 239 g/mol. The number of nitrogens with one attached hydrogen (secondary N) is 1.